The summed E-state index contributed by atoms with van der Waals surface area (Å²) >= 11 is 0. The molecule has 0 aromatic heterocycles. The summed E-state index contributed by atoms with van der Waals surface area (Å²) < 4.78 is 14.0. The molecule has 0 N–H and O–H groups in total. The van der Waals surface area contributed by atoms with Crippen molar-refractivity contribution in [1.29, 1.82) is 0 Å². The topological polar surface area (TPSA) is 44.8 Å². The van der Waals surface area contributed by atoms with Gasteiger partial charge in [0.2, 0.25) is 0 Å². The molecule has 0 amide bonds. The zero-order valence-corrected chi connectivity index (χ0v) is 7.38. The molecule has 0 aliphatic carbocycles. The number of hydrogen-bond donors (Lipinski definition) is 0. The Kier molecular flexibility index (Phi) is 7.79. The highest BCUT2D eigenvalue weighted by Crippen LogP contribution is 1.90. The second-order valence-corrected chi connectivity index (χ2v) is 2.15. The molecule has 0 saturated carbocycles. The Morgan fingerprint density at radius 3 is 2.50 bits per heavy atom. The fraction of sp³-hybridized carbons (Fsp3) is 0.750. The molecule has 4 nitrogen and oxygen atoms in total. The molecule has 0 spiro atoms. The smallest absolute Gasteiger partial charge is 0.434 e. The Bertz CT molecular complexity index is 102. The van der Waals surface area contributed by atoms with E-state index in [4.69, 9.17) is 0 Å². The quantitative estimate of drug-likeness (QED) is 0.452. The number of unbranched alkanes of at least 4 members (excludes halogenated alkanes) is 1. The van der Waals surface area contributed by atoms with Crippen LogP contribution in [0.5, 0.6) is 0 Å². The molecule has 0 bridgehead atoms. The first-order valence-corrected chi connectivity index (χ1v) is 3.89. The third-order valence-electron chi connectivity index (χ3n) is 1.12. The third kappa shape index (κ3) is 7.34. The standard InChI is InChI=1S/C8H15O4/c1-3-4-5-11-8(9)12-7-6-10-2/h1,3-7H2,2H3. The highest BCUT2D eigenvalue weighted by molar-refractivity contribution is 5.59. The first kappa shape index (κ1) is 11.2. The van der Waals surface area contributed by atoms with Crippen molar-refractivity contribution < 1.29 is 19.0 Å². The minimum absolute atomic E-state index is 0.236. The molecule has 0 rings (SSSR count). The molecule has 0 aromatic carbocycles. The van der Waals surface area contributed by atoms with Gasteiger partial charge in [0.25, 0.3) is 0 Å². The molecule has 0 unspecified atom stereocenters. The number of hydrogen-bond acceptors (Lipinski definition) is 4. The Balaban J connectivity index is 3.10. The molecule has 0 aliphatic heterocycles. The van der Waals surface area contributed by atoms with Gasteiger partial charge < -0.3 is 14.2 Å². The molecule has 1 radical (unpaired) electrons. The van der Waals surface area contributed by atoms with E-state index >= 15 is 0 Å². The Labute approximate surface area is 72.8 Å². The van der Waals surface area contributed by atoms with Crippen LogP contribution < -0.4 is 0 Å². The van der Waals surface area contributed by atoms with E-state index < -0.39 is 6.16 Å². The number of rotatable bonds is 6. The average Bonchev–Trinajstić information content (AvgIpc) is 2.06. The van der Waals surface area contributed by atoms with E-state index in [9.17, 15) is 4.79 Å². The Morgan fingerprint density at radius 2 is 1.92 bits per heavy atom. The summed E-state index contributed by atoms with van der Waals surface area (Å²) in [6.07, 6.45) is 0.880. The van der Waals surface area contributed by atoms with Crippen LogP contribution in [0.2, 0.25) is 0 Å². The van der Waals surface area contributed by atoms with Gasteiger partial charge in [-0.1, -0.05) is 13.3 Å². The summed E-state index contributed by atoms with van der Waals surface area (Å²) in [5, 5.41) is 0. The van der Waals surface area contributed by atoms with Gasteiger partial charge in [0.15, 0.2) is 0 Å². The van der Waals surface area contributed by atoms with Crippen LogP contribution in [0.1, 0.15) is 12.8 Å². The fourth-order valence-electron chi connectivity index (χ4n) is 0.508. The van der Waals surface area contributed by atoms with Crippen LogP contribution in [0.3, 0.4) is 0 Å². The maximum absolute atomic E-state index is 10.7. The van der Waals surface area contributed by atoms with Crippen LogP contribution in [-0.4, -0.2) is 33.1 Å². The van der Waals surface area contributed by atoms with Crippen LogP contribution in [0, 0.1) is 6.92 Å². The van der Waals surface area contributed by atoms with Gasteiger partial charge in [0.05, 0.1) is 13.2 Å². The van der Waals surface area contributed by atoms with E-state index in [0.29, 0.717) is 13.2 Å². The molecular formula is C8H15O4. The molecule has 4 heteroatoms. The van der Waals surface area contributed by atoms with Gasteiger partial charge in [-0.2, -0.15) is 0 Å². The molecule has 0 aliphatic rings. The van der Waals surface area contributed by atoms with Gasteiger partial charge in [-0.3, -0.25) is 0 Å². The highest BCUT2D eigenvalue weighted by Gasteiger charge is 2.01. The summed E-state index contributed by atoms with van der Waals surface area (Å²) in [6, 6.07) is 0. The lowest BCUT2D eigenvalue weighted by Gasteiger charge is -2.04. The minimum atomic E-state index is -0.638. The number of ether oxygens (including phenoxy) is 3. The van der Waals surface area contributed by atoms with Gasteiger partial charge in [-0.15, -0.1) is 0 Å². The highest BCUT2D eigenvalue weighted by atomic mass is 16.7. The van der Waals surface area contributed by atoms with Crippen LogP contribution in [0.4, 0.5) is 4.79 Å². The zero-order chi connectivity index (χ0) is 9.23. The monoisotopic (exact) mass is 175 g/mol. The molecule has 0 aromatic rings. The first-order chi connectivity index (χ1) is 5.81. The summed E-state index contributed by atoms with van der Waals surface area (Å²) in [7, 11) is 1.54. The van der Waals surface area contributed by atoms with Crippen molar-refractivity contribution in [2.45, 2.75) is 12.8 Å². The van der Waals surface area contributed by atoms with Crippen molar-refractivity contribution in [1.82, 2.24) is 0 Å². The molecule has 0 saturated heterocycles. The lowest BCUT2D eigenvalue weighted by Crippen LogP contribution is -2.11. The maximum atomic E-state index is 10.7. The summed E-state index contributed by atoms with van der Waals surface area (Å²) in [6.45, 7) is 4.61. The van der Waals surface area contributed by atoms with Crippen molar-refractivity contribution in [3.63, 3.8) is 0 Å². The van der Waals surface area contributed by atoms with Crippen molar-refractivity contribution in [3.05, 3.63) is 6.92 Å². The van der Waals surface area contributed by atoms with E-state index in [0.717, 1.165) is 12.8 Å². The van der Waals surface area contributed by atoms with Gasteiger partial charge >= 0.3 is 6.16 Å². The van der Waals surface area contributed by atoms with E-state index in [1.807, 2.05) is 0 Å². The molecular weight excluding hydrogens is 160 g/mol. The molecule has 71 valence electrons. The summed E-state index contributed by atoms with van der Waals surface area (Å²) in [5.74, 6) is 0. The van der Waals surface area contributed by atoms with Crippen molar-refractivity contribution in [3.8, 4) is 0 Å². The number of carbonyl (C=O) groups excluding carboxylic acids is 1. The minimum Gasteiger partial charge on any atom is -0.434 e. The number of methoxy groups -OCH3 is 1. The van der Waals surface area contributed by atoms with Crippen LogP contribution in [0.15, 0.2) is 0 Å². The first-order valence-electron chi connectivity index (χ1n) is 3.89. The number of carbonyl (C=O) groups is 1. The van der Waals surface area contributed by atoms with Gasteiger partial charge in [-0.25, -0.2) is 4.79 Å². The SMILES string of the molecule is [CH2]CCCOC(=O)OCCOC. The normalized spacial score (nSPS) is 9.50. The molecule has 0 atom stereocenters. The largest absolute Gasteiger partial charge is 0.508 e. The van der Waals surface area contributed by atoms with Gasteiger partial charge in [0.1, 0.15) is 6.61 Å². The second-order valence-electron chi connectivity index (χ2n) is 2.15. The van der Waals surface area contributed by atoms with Crippen LogP contribution in [0.25, 0.3) is 0 Å². The average molecular weight is 175 g/mol. The lowest BCUT2D eigenvalue weighted by atomic mass is 10.4. The lowest BCUT2D eigenvalue weighted by molar-refractivity contribution is 0.0362. The van der Waals surface area contributed by atoms with Crippen molar-refractivity contribution in [2.24, 2.45) is 0 Å². The van der Waals surface area contributed by atoms with Crippen molar-refractivity contribution >= 4 is 6.16 Å². The second kappa shape index (κ2) is 8.33. The fourth-order valence-corrected chi connectivity index (χ4v) is 0.508. The van der Waals surface area contributed by atoms with Crippen molar-refractivity contribution in [2.75, 3.05) is 26.9 Å². The Hall–Kier alpha value is -0.770. The zero-order valence-electron chi connectivity index (χ0n) is 7.38. The van der Waals surface area contributed by atoms with Gasteiger partial charge in [-0.05, 0) is 6.42 Å². The van der Waals surface area contributed by atoms with Crippen LogP contribution in [-0.2, 0) is 14.2 Å². The molecule has 0 heterocycles. The Morgan fingerprint density at radius 1 is 1.25 bits per heavy atom. The van der Waals surface area contributed by atoms with E-state index in [-0.39, 0.29) is 6.61 Å². The van der Waals surface area contributed by atoms with E-state index in [2.05, 4.69) is 21.1 Å². The summed E-state index contributed by atoms with van der Waals surface area (Å²) in [4.78, 5) is 10.7. The maximum Gasteiger partial charge on any atom is 0.508 e. The van der Waals surface area contributed by atoms with E-state index in [1.54, 1.807) is 0 Å². The predicted octanol–water partition coefficient (Wildman–Crippen LogP) is 1.40. The molecule has 12 heavy (non-hydrogen) atoms. The van der Waals surface area contributed by atoms with E-state index in [1.165, 1.54) is 7.11 Å². The van der Waals surface area contributed by atoms with Crippen LogP contribution >= 0.6 is 0 Å². The molecule has 0 fully saturated rings. The third-order valence-corrected chi connectivity index (χ3v) is 1.12. The summed E-state index contributed by atoms with van der Waals surface area (Å²) in [5.41, 5.74) is 0. The predicted molar refractivity (Wildman–Crippen MR) is 43.8 cm³/mol. The van der Waals surface area contributed by atoms with Gasteiger partial charge in [0, 0.05) is 7.11 Å².